The number of hydrazine groups is 1. The summed E-state index contributed by atoms with van der Waals surface area (Å²) >= 11 is 0. The van der Waals surface area contributed by atoms with Gasteiger partial charge in [-0.1, -0.05) is 10.4 Å². The molecule has 0 aliphatic rings. The van der Waals surface area contributed by atoms with Gasteiger partial charge in [-0.25, -0.2) is 5.01 Å². The van der Waals surface area contributed by atoms with Crippen molar-refractivity contribution in [1.29, 1.82) is 0 Å². The monoisotopic (exact) mass is 466 g/mol. The topological polar surface area (TPSA) is 228 Å². The van der Waals surface area contributed by atoms with Gasteiger partial charge in [0.1, 0.15) is 11.6 Å². The number of nitroso groups, excluding NO2 is 2. The van der Waals surface area contributed by atoms with Crippen LogP contribution in [0.3, 0.4) is 0 Å². The number of ether oxygens (including phenoxy) is 3. The van der Waals surface area contributed by atoms with Crippen LogP contribution in [0, 0.1) is 9.81 Å². The molecule has 0 aromatic carbocycles. The Bertz CT molecular complexity index is 550. The molecule has 15 heteroatoms. The predicted molar refractivity (Wildman–Crippen MR) is 108 cm³/mol. The fourth-order valence-corrected chi connectivity index (χ4v) is 2.44. The van der Waals surface area contributed by atoms with Crippen molar-refractivity contribution in [3.05, 3.63) is 9.81 Å². The molecule has 0 aliphatic heterocycles. The molecule has 0 amide bonds. The molecule has 0 radical (unpaired) electrons. The van der Waals surface area contributed by atoms with Crippen LogP contribution in [0.2, 0.25) is 0 Å². The normalized spacial score (nSPS) is 12.4. The van der Waals surface area contributed by atoms with Crippen molar-refractivity contribution in [2.75, 3.05) is 52.7 Å². The van der Waals surface area contributed by atoms with Crippen molar-refractivity contribution < 1.29 is 43.9 Å². The number of aliphatic carboxylic acids is 3. The smallest absolute Gasteiger partial charge is 0.305 e. The van der Waals surface area contributed by atoms with E-state index in [2.05, 4.69) is 10.4 Å². The first kappa shape index (κ1) is 29.4. The lowest BCUT2D eigenvalue weighted by atomic mass is 10.0. The van der Waals surface area contributed by atoms with E-state index >= 15 is 0 Å². The minimum atomic E-state index is -1.34. The average molecular weight is 466 g/mol. The van der Waals surface area contributed by atoms with Gasteiger partial charge < -0.3 is 29.5 Å². The first-order chi connectivity index (χ1) is 15.2. The zero-order valence-electron chi connectivity index (χ0n) is 17.6. The molecule has 0 aromatic heterocycles. The second kappa shape index (κ2) is 17.0. The van der Waals surface area contributed by atoms with Crippen LogP contribution in [-0.4, -0.2) is 103 Å². The number of carboxylic acid groups (broad SMARTS) is 3. The molecule has 15 nitrogen and oxygen atoms in total. The molecule has 184 valence electrons. The fraction of sp³-hybridized carbons (Fsp3) is 0.824. The molecule has 0 saturated heterocycles. The number of hydrogen-bond acceptors (Lipinski definition) is 12. The summed E-state index contributed by atoms with van der Waals surface area (Å²) in [4.78, 5) is 53.7. The molecule has 0 unspecified atom stereocenters. The highest BCUT2D eigenvalue weighted by Crippen LogP contribution is 2.18. The highest BCUT2D eigenvalue weighted by molar-refractivity contribution is 5.67. The third kappa shape index (κ3) is 13.7. The molecule has 0 fully saturated rings. The summed E-state index contributed by atoms with van der Waals surface area (Å²) in [5.74, 6) is 2.88. The van der Waals surface area contributed by atoms with Gasteiger partial charge in [0.25, 0.3) is 0 Å². The largest absolute Gasteiger partial charge is 0.481 e. The van der Waals surface area contributed by atoms with E-state index in [1.165, 1.54) is 0 Å². The number of carbonyl (C=O) groups is 3. The molecule has 0 spiro atoms. The first-order valence-corrected chi connectivity index (χ1v) is 9.69. The van der Waals surface area contributed by atoms with Crippen molar-refractivity contribution in [3.8, 4) is 0 Å². The van der Waals surface area contributed by atoms with E-state index in [4.69, 9.17) is 35.4 Å². The summed E-state index contributed by atoms with van der Waals surface area (Å²) < 4.78 is 16.2. The van der Waals surface area contributed by atoms with Gasteiger partial charge in [-0.2, -0.15) is 9.81 Å². The molecule has 0 heterocycles. The lowest BCUT2D eigenvalue weighted by Crippen LogP contribution is -2.63. The summed E-state index contributed by atoms with van der Waals surface area (Å²) in [7, 11) is 0. The highest BCUT2D eigenvalue weighted by atomic mass is 16.5. The van der Waals surface area contributed by atoms with Crippen LogP contribution in [0.15, 0.2) is 10.4 Å². The van der Waals surface area contributed by atoms with Crippen LogP contribution in [0.5, 0.6) is 0 Å². The lowest BCUT2D eigenvalue weighted by molar-refractivity contribution is -0.140. The molecule has 0 rings (SSSR count). The van der Waals surface area contributed by atoms with E-state index in [0.717, 1.165) is 5.01 Å². The molecular formula is C17H30N4O11. The van der Waals surface area contributed by atoms with E-state index in [9.17, 15) is 24.2 Å². The van der Waals surface area contributed by atoms with Crippen molar-refractivity contribution >= 4 is 17.9 Å². The van der Waals surface area contributed by atoms with Crippen molar-refractivity contribution in [1.82, 2.24) is 5.01 Å². The van der Waals surface area contributed by atoms with E-state index < -0.39 is 29.5 Å². The van der Waals surface area contributed by atoms with Gasteiger partial charge in [0.05, 0.1) is 65.4 Å². The maximum absolute atomic E-state index is 11.1. The van der Waals surface area contributed by atoms with Gasteiger partial charge in [-0.15, -0.1) is 0 Å². The Kier molecular flexibility index (Phi) is 15.6. The Hall–Kier alpha value is -2.59. The summed E-state index contributed by atoms with van der Waals surface area (Å²) in [6.45, 7) is -1.61. The minimum absolute atomic E-state index is 0.0242. The second-order valence-corrected chi connectivity index (χ2v) is 6.87. The number of rotatable bonds is 22. The van der Waals surface area contributed by atoms with E-state index in [1.807, 2.05) is 0 Å². The van der Waals surface area contributed by atoms with Crippen LogP contribution >= 0.6 is 0 Å². The Labute approximate surface area is 183 Å². The van der Waals surface area contributed by atoms with Crippen molar-refractivity contribution in [2.45, 2.75) is 37.3 Å². The summed E-state index contributed by atoms with van der Waals surface area (Å²) in [6, 6.07) is -0.922. The Morgan fingerprint density at radius 2 is 1.25 bits per heavy atom. The van der Waals surface area contributed by atoms with Gasteiger partial charge in [-0.3, -0.25) is 20.2 Å². The zero-order chi connectivity index (χ0) is 24.4. The molecule has 5 N–H and O–H groups in total. The average Bonchev–Trinajstić information content (AvgIpc) is 2.73. The van der Waals surface area contributed by atoms with Crippen LogP contribution in [0.4, 0.5) is 0 Å². The molecule has 0 aromatic rings. The molecule has 0 bridgehead atoms. The summed E-state index contributed by atoms with van der Waals surface area (Å²) in [5.41, 5.74) is -1.34. The standard InChI is InChI=1S/C17H30N4O11/c18-21(9-13(20-29)1-5-19-28)17(10-30-6-2-14(22)23,11-31-7-3-15(24)25)12-32-8-4-16(26)27/h13H,1-12,18H2,(H,22,23)(H,24,25)(H,26,27)/t13-/m1/s1. The van der Waals surface area contributed by atoms with Gasteiger partial charge in [0, 0.05) is 6.54 Å². The maximum Gasteiger partial charge on any atom is 0.305 e. The van der Waals surface area contributed by atoms with Crippen molar-refractivity contribution in [2.24, 2.45) is 16.2 Å². The highest BCUT2D eigenvalue weighted by Gasteiger charge is 2.38. The van der Waals surface area contributed by atoms with Gasteiger partial charge in [-0.05, 0) is 6.42 Å². The van der Waals surface area contributed by atoms with E-state index in [-0.39, 0.29) is 78.4 Å². The first-order valence-electron chi connectivity index (χ1n) is 9.69. The summed E-state index contributed by atoms with van der Waals surface area (Å²) in [6.07, 6.45) is -0.881. The van der Waals surface area contributed by atoms with Gasteiger partial charge in [0.15, 0.2) is 0 Å². The summed E-state index contributed by atoms with van der Waals surface area (Å²) in [5, 5.41) is 33.1. The van der Waals surface area contributed by atoms with Gasteiger partial charge in [0.2, 0.25) is 0 Å². The number of nitrogens with two attached hydrogens (primary N) is 1. The number of carboxylic acids is 3. The molecule has 1 atom stereocenters. The maximum atomic E-state index is 11.1. The third-order valence-electron chi connectivity index (χ3n) is 4.21. The number of hydrogen-bond donors (Lipinski definition) is 4. The van der Waals surface area contributed by atoms with Crippen LogP contribution in [0.1, 0.15) is 25.7 Å². The van der Waals surface area contributed by atoms with Crippen LogP contribution < -0.4 is 5.84 Å². The molecule has 0 saturated carbocycles. The van der Waals surface area contributed by atoms with Crippen molar-refractivity contribution in [3.63, 3.8) is 0 Å². The quantitative estimate of drug-likeness (QED) is 0.0694. The number of nitrogens with zero attached hydrogens (tertiary/aromatic N) is 3. The minimum Gasteiger partial charge on any atom is -0.481 e. The van der Waals surface area contributed by atoms with E-state index in [1.54, 1.807) is 0 Å². The van der Waals surface area contributed by atoms with Crippen LogP contribution in [-0.2, 0) is 28.6 Å². The predicted octanol–water partition coefficient (Wildman–Crippen LogP) is -0.334. The molecular weight excluding hydrogens is 436 g/mol. The van der Waals surface area contributed by atoms with Gasteiger partial charge >= 0.3 is 17.9 Å². The van der Waals surface area contributed by atoms with E-state index in [0.29, 0.717) is 0 Å². The Balaban J connectivity index is 5.46. The molecule has 0 aliphatic carbocycles. The fourth-order valence-electron chi connectivity index (χ4n) is 2.44. The zero-order valence-corrected chi connectivity index (χ0v) is 17.6. The van der Waals surface area contributed by atoms with Crippen LogP contribution in [0.25, 0.3) is 0 Å². The Morgan fingerprint density at radius 1 is 0.844 bits per heavy atom. The third-order valence-corrected chi connectivity index (χ3v) is 4.21. The SMILES string of the molecule is NN(C[C@@H](CCN=O)N=O)C(COCCC(=O)O)(COCCC(=O)O)COCCC(=O)O. The Morgan fingerprint density at radius 3 is 1.56 bits per heavy atom. The second-order valence-electron chi connectivity index (χ2n) is 6.87. The molecule has 32 heavy (non-hydrogen) atoms. The lowest BCUT2D eigenvalue weighted by Gasteiger charge is -2.41.